The van der Waals surface area contributed by atoms with Crippen molar-refractivity contribution in [3.8, 4) is 11.8 Å². The molecule has 0 bridgehead atoms. The lowest BCUT2D eigenvalue weighted by Crippen LogP contribution is -2.53. The van der Waals surface area contributed by atoms with Gasteiger partial charge in [0.05, 0.1) is 26.9 Å². The zero-order valence-corrected chi connectivity index (χ0v) is 20.8. The first-order chi connectivity index (χ1) is 17.3. The molecular weight excluding hydrogens is 535 g/mol. The Hall–Kier alpha value is -3.11. The van der Waals surface area contributed by atoms with Crippen molar-refractivity contribution >= 4 is 33.3 Å². The van der Waals surface area contributed by atoms with Crippen LogP contribution >= 0.6 is 11.6 Å². The number of carbonyl (C=O) groups excluding carboxylic acids is 2. The average molecular weight is 556 g/mol. The van der Waals surface area contributed by atoms with Crippen molar-refractivity contribution in [1.82, 2.24) is 20.0 Å². The highest BCUT2D eigenvalue weighted by Gasteiger charge is 2.70. The van der Waals surface area contributed by atoms with Gasteiger partial charge in [-0.2, -0.15) is 23.5 Å². The van der Waals surface area contributed by atoms with E-state index >= 15 is 0 Å². The highest BCUT2D eigenvalue weighted by Crippen LogP contribution is 2.59. The van der Waals surface area contributed by atoms with E-state index < -0.39 is 75.9 Å². The molecule has 2 saturated carbocycles. The van der Waals surface area contributed by atoms with Crippen molar-refractivity contribution in [3.63, 3.8) is 0 Å². The summed E-state index contributed by atoms with van der Waals surface area (Å²) in [5, 5.41) is 14.4. The maximum atomic E-state index is 13.7. The third kappa shape index (κ3) is 4.25. The molecule has 2 amide bonds. The molecule has 3 aliphatic rings. The summed E-state index contributed by atoms with van der Waals surface area (Å²) in [5.74, 6) is -2.16. The summed E-state index contributed by atoms with van der Waals surface area (Å²) in [6, 6.07) is 6.27. The zero-order chi connectivity index (χ0) is 26.8. The fourth-order valence-electron chi connectivity index (χ4n) is 4.69. The summed E-state index contributed by atoms with van der Waals surface area (Å²) in [7, 11) is -4.26. The Morgan fingerprint density at radius 3 is 2.43 bits per heavy atom. The summed E-state index contributed by atoms with van der Waals surface area (Å²) in [6.07, 6.45) is -2.23. The molecule has 2 aromatic rings. The lowest BCUT2D eigenvalue weighted by Gasteiger charge is -2.29. The molecule has 9 nitrogen and oxygen atoms in total. The van der Waals surface area contributed by atoms with Gasteiger partial charge in [-0.3, -0.25) is 9.59 Å². The first-order valence-corrected chi connectivity index (χ1v) is 13.4. The second-order valence-corrected chi connectivity index (χ2v) is 12.3. The minimum atomic E-state index is -4.84. The van der Waals surface area contributed by atoms with E-state index in [0.717, 1.165) is 4.90 Å². The van der Waals surface area contributed by atoms with Crippen molar-refractivity contribution in [2.75, 3.05) is 6.54 Å². The van der Waals surface area contributed by atoms with Crippen LogP contribution in [0.15, 0.2) is 41.6 Å². The van der Waals surface area contributed by atoms with Crippen LogP contribution in [0.1, 0.15) is 32.1 Å². The number of aromatic nitrogens is 2. The maximum Gasteiger partial charge on any atom is 0.403 e. The lowest BCUT2D eigenvalue weighted by atomic mass is 10.0. The number of benzene rings is 1. The van der Waals surface area contributed by atoms with Crippen molar-refractivity contribution in [2.24, 2.45) is 5.41 Å². The van der Waals surface area contributed by atoms with Gasteiger partial charge in [-0.1, -0.05) is 11.6 Å². The molecule has 1 aliphatic heterocycles. The van der Waals surface area contributed by atoms with Crippen molar-refractivity contribution in [2.45, 2.75) is 60.0 Å². The second kappa shape index (κ2) is 8.46. The Morgan fingerprint density at radius 1 is 1.22 bits per heavy atom. The number of likely N-dealkylation sites (tertiary alicyclic amines) is 1. The number of amides is 2. The van der Waals surface area contributed by atoms with Gasteiger partial charge in [0.1, 0.15) is 17.0 Å². The number of nitrogens with zero attached hydrogens (tertiary/aromatic N) is 4. The second-order valence-electron chi connectivity index (χ2n) is 9.70. The van der Waals surface area contributed by atoms with Crippen LogP contribution in [-0.4, -0.2) is 64.5 Å². The van der Waals surface area contributed by atoms with E-state index in [2.05, 4.69) is 10.4 Å². The fraction of sp³-hybridized carbons (Fsp3) is 0.478. The summed E-state index contributed by atoms with van der Waals surface area (Å²) < 4.78 is 69.8. The summed E-state index contributed by atoms with van der Waals surface area (Å²) in [5.41, 5.74) is -3.28. The number of hydrogen-bond donors (Lipinski definition) is 1. The molecule has 3 fully saturated rings. The van der Waals surface area contributed by atoms with Crippen molar-refractivity contribution in [1.29, 1.82) is 5.26 Å². The minimum Gasteiger partial charge on any atom is -0.336 e. The van der Waals surface area contributed by atoms with Gasteiger partial charge in [-0.15, -0.1) is 0 Å². The topological polar surface area (TPSA) is 125 Å². The molecule has 0 radical (unpaired) electrons. The number of halogens is 4. The molecule has 0 unspecified atom stereocenters. The molecule has 196 valence electrons. The Labute approximate surface area is 215 Å². The molecule has 0 spiro atoms. The monoisotopic (exact) mass is 555 g/mol. The van der Waals surface area contributed by atoms with Crippen molar-refractivity contribution < 1.29 is 31.2 Å². The first-order valence-electron chi connectivity index (χ1n) is 11.5. The average Bonchev–Trinajstić information content (AvgIpc) is 3.69. The van der Waals surface area contributed by atoms with Gasteiger partial charge < -0.3 is 10.2 Å². The lowest BCUT2D eigenvalue weighted by molar-refractivity contribution is -0.199. The highest BCUT2D eigenvalue weighted by molar-refractivity contribution is 7.92. The molecule has 37 heavy (non-hydrogen) atoms. The predicted molar refractivity (Wildman–Crippen MR) is 123 cm³/mol. The summed E-state index contributed by atoms with van der Waals surface area (Å²) >= 11 is 6.30. The number of rotatable bonds is 6. The number of alkyl halides is 3. The van der Waals surface area contributed by atoms with Crippen LogP contribution in [0, 0.1) is 16.7 Å². The van der Waals surface area contributed by atoms with Crippen LogP contribution < -0.4 is 5.32 Å². The van der Waals surface area contributed by atoms with E-state index in [1.807, 2.05) is 6.07 Å². The SMILES string of the molecule is N#CC1(NC(=O)[C@H]2C[C@@H](S(=O)(=O)c3ccc(-n4cccn4)cc3Cl)CN2C(=O)C2(C(F)(F)F)CC2)CC1. The maximum absolute atomic E-state index is 13.7. The van der Waals surface area contributed by atoms with Gasteiger partial charge in [0.2, 0.25) is 11.8 Å². The molecule has 1 N–H and O–H groups in total. The molecule has 14 heteroatoms. The standard InChI is InChI=1S/C23H21ClF3N5O4S/c24-16-10-14(32-9-1-8-29-32)2-3-18(16)37(35,36)15-11-17(19(33)30-21(13-28)4-5-21)31(12-15)20(34)22(6-7-22)23(25,26)27/h1-3,8-10,15,17H,4-7,11-12H2,(H,30,33)/t15-,17-/m1/s1. The first kappa shape index (κ1) is 25.5. The molecule has 1 saturated heterocycles. The Bertz CT molecular complexity index is 1410. The third-order valence-corrected chi connectivity index (χ3v) is 9.90. The number of nitriles is 1. The Morgan fingerprint density at radius 2 is 1.92 bits per heavy atom. The highest BCUT2D eigenvalue weighted by atomic mass is 35.5. The van der Waals surface area contributed by atoms with Crippen LogP contribution in [0.25, 0.3) is 5.69 Å². The number of carbonyl (C=O) groups is 2. The molecule has 2 heterocycles. The minimum absolute atomic E-state index is 0.130. The largest absolute Gasteiger partial charge is 0.403 e. The van der Waals surface area contributed by atoms with E-state index in [1.165, 1.54) is 29.1 Å². The molecule has 1 aromatic carbocycles. The number of hydrogen-bond acceptors (Lipinski definition) is 6. The van der Waals surface area contributed by atoms with Gasteiger partial charge in [-0.25, -0.2) is 13.1 Å². The Balaban J connectivity index is 1.46. The molecule has 5 rings (SSSR count). The van der Waals surface area contributed by atoms with Crippen LogP contribution in [-0.2, 0) is 19.4 Å². The van der Waals surface area contributed by atoms with Crippen molar-refractivity contribution in [3.05, 3.63) is 41.7 Å². The van der Waals surface area contributed by atoms with Crippen LogP contribution in [0.5, 0.6) is 0 Å². The third-order valence-electron chi connectivity index (χ3n) is 7.28. The predicted octanol–water partition coefficient (Wildman–Crippen LogP) is 2.78. The van der Waals surface area contributed by atoms with E-state index in [-0.39, 0.29) is 9.92 Å². The summed E-state index contributed by atoms with van der Waals surface area (Å²) in [4.78, 5) is 26.6. The number of nitrogens with one attached hydrogen (secondary N) is 1. The van der Waals surface area contributed by atoms with E-state index in [1.54, 1.807) is 12.3 Å². The quantitative estimate of drug-likeness (QED) is 0.584. The molecular formula is C23H21ClF3N5O4S. The van der Waals surface area contributed by atoms with Gasteiger partial charge in [0.15, 0.2) is 9.84 Å². The van der Waals surface area contributed by atoms with Gasteiger partial charge in [-0.05, 0) is 56.4 Å². The fourth-order valence-corrected chi connectivity index (χ4v) is 6.92. The van der Waals surface area contributed by atoms with E-state index in [0.29, 0.717) is 18.5 Å². The van der Waals surface area contributed by atoms with E-state index in [4.69, 9.17) is 11.6 Å². The van der Waals surface area contributed by atoms with E-state index in [9.17, 15) is 36.4 Å². The van der Waals surface area contributed by atoms with Gasteiger partial charge in [0.25, 0.3) is 0 Å². The Kier molecular flexibility index (Phi) is 5.84. The van der Waals surface area contributed by atoms with Gasteiger partial charge in [0, 0.05) is 18.9 Å². The van der Waals surface area contributed by atoms with Gasteiger partial charge >= 0.3 is 6.18 Å². The molecule has 1 aromatic heterocycles. The molecule has 2 atom stereocenters. The number of sulfone groups is 1. The zero-order valence-electron chi connectivity index (χ0n) is 19.2. The van der Waals surface area contributed by atoms with Crippen LogP contribution in [0.2, 0.25) is 5.02 Å². The molecule has 2 aliphatic carbocycles. The summed E-state index contributed by atoms with van der Waals surface area (Å²) in [6.45, 7) is -0.603. The van der Waals surface area contributed by atoms with Crippen LogP contribution in [0.4, 0.5) is 13.2 Å². The normalized spacial score (nSPS) is 23.8. The smallest absolute Gasteiger partial charge is 0.336 e. The van der Waals surface area contributed by atoms with Crippen LogP contribution in [0.3, 0.4) is 0 Å².